The van der Waals surface area contributed by atoms with Gasteiger partial charge in [-0.1, -0.05) is 116 Å². The van der Waals surface area contributed by atoms with Gasteiger partial charge < -0.3 is 68.0 Å². The maximum absolute atomic E-state index is 13.9. The zero-order valence-electron chi connectivity index (χ0n) is 60.3. The minimum absolute atomic E-state index is 0. The first kappa shape index (κ1) is 84.0. The van der Waals surface area contributed by atoms with Gasteiger partial charge in [0.2, 0.25) is 11.8 Å². The molecule has 560 valence electrons. The summed E-state index contributed by atoms with van der Waals surface area (Å²) < 4.78 is 36.5. The monoisotopic (exact) mass is 1490 g/mol. The number of carbonyl (C=O) groups excluding carboxylic acids is 6. The van der Waals surface area contributed by atoms with E-state index in [1.165, 1.54) is 38.5 Å². The normalized spacial score (nSPS) is 14.9. The van der Waals surface area contributed by atoms with Crippen LogP contribution in [0.1, 0.15) is 163 Å². The number of amides is 4. The first-order chi connectivity index (χ1) is 48.8. The number of alkyl carbamates (subject to hydrolysis) is 2. The van der Waals surface area contributed by atoms with Crippen molar-refractivity contribution in [3.05, 3.63) is 184 Å². The van der Waals surface area contributed by atoms with E-state index in [0.29, 0.717) is 68.8 Å². The van der Waals surface area contributed by atoms with Crippen molar-refractivity contribution in [1.29, 1.82) is 0 Å². The number of likely N-dealkylation sites (tertiary alicyclic amines) is 2. The number of piperidine rings is 2. The molecule has 2 saturated heterocycles. The second-order valence-electron chi connectivity index (χ2n) is 27.7. The lowest BCUT2D eigenvalue weighted by Crippen LogP contribution is -2.46. The number of nitrogens with one attached hydrogen (secondary N) is 2. The molecule has 0 bridgehead atoms. The molecule has 0 unspecified atom stereocenters. The Labute approximate surface area is 621 Å². The van der Waals surface area contributed by atoms with Crippen molar-refractivity contribution in [1.82, 2.24) is 39.5 Å². The number of ether oxygens (including phenoxy) is 6. The van der Waals surface area contributed by atoms with E-state index >= 15 is 0 Å². The van der Waals surface area contributed by atoms with Gasteiger partial charge in [-0.3, -0.25) is 9.59 Å². The van der Waals surface area contributed by atoms with Crippen LogP contribution in [-0.4, -0.2) is 173 Å². The summed E-state index contributed by atoms with van der Waals surface area (Å²) in [5.74, 6) is 1.51. The first-order valence-electron chi connectivity index (χ1n) is 34.8. The summed E-state index contributed by atoms with van der Waals surface area (Å²) in [6, 6.07) is 44.6. The molecule has 2 aliphatic rings. The lowest BCUT2D eigenvalue weighted by molar-refractivity contribution is -0.133. The molecule has 2 fully saturated rings. The van der Waals surface area contributed by atoms with Gasteiger partial charge in [-0.15, -0.1) is 0 Å². The molecule has 4 heterocycles. The smallest absolute Gasteiger partial charge is 0.465 e. The van der Waals surface area contributed by atoms with Crippen LogP contribution >= 0.6 is 15.9 Å². The molecule has 2 aromatic heterocycles. The van der Waals surface area contributed by atoms with Crippen molar-refractivity contribution in [2.24, 2.45) is 0 Å². The fourth-order valence-corrected chi connectivity index (χ4v) is 12.9. The third kappa shape index (κ3) is 25.2. The van der Waals surface area contributed by atoms with E-state index in [2.05, 4.69) is 52.6 Å². The van der Waals surface area contributed by atoms with Crippen molar-refractivity contribution in [2.45, 2.75) is 169 Å². The number of para-hydroxylation sites is 4. The molecule has 4 amide bonds. The van der Waals surface area contributed by atoms with Gasteiger partial charge in [0.15, 0.2) is 0 Å². The van der Waals surface area contributed by atoms with Crippen LogP contribution in [0.15, 0.2) is 150 Å². The fourth-order valence-electron chi connectivity index (χ4n) is 12.7. The second kappa shape index (κ2) is 40.4. The van der Waals surface area contributed by atoms with E-state index in [1.54, 1.807) is 26.4 Å². The van der Waals surface area contributed by atoms with Crippen LogP contribution in [0, 0.1) is 0 Å². The molecule has 8 aromatic rings. The molecule has 4 N–H and O–H groups in total. The maximum atomic E-state index is 13.9. The van der Waals surface area contributed by atoms with E-state index in [9.17, 15) is 28.8 Å². The quantitative estimate of drug-likeness (QED) is 0.0190. The number of rotatable bonds is 24. The number of hydrogen-bond donors (Lipinski definition) is 4. The molecular weight excluding hydrogens is 1390 g/mol. The summed E-state index contributed by atoms with van der Waals surface area (Å²) in [5, 5.41) is 23.4. The molecule has 0 radical (unpaired) electrons. The highest BCUT2D eigenvalue weighted by molar-refractivity contribution is 9.10. The van der Waals surface area contributed by atoms with Crippen LogP contribution in [0.5, 0.6) is 0 Å². The second-order valence-corrected chi connectivity index (χ2v) is 28.6. The predicted octanol–water partition coefficient (Wildman–Crippen LogP) is 13.3. The summed E-state index contributed by atoms with van der Waals surface area (Å²) in [5.41, 5.74) is 8.05. The van der Waals surface area contributed by atoms with Crippen molar-refractivity contribution in [3.8, 4) is 11.1 Å². The third-order valence-corrected chi connectivity index (χ3v) is 18.0. The van der Waals surface area contributed by atoms with Gasteiger partial charge in [0.25, 0.3) is 0 Å². The van der Waals surface area contributed by atoms with Crippen LogP contribution in [-0.2, 0) is 63.9 Å². The van der Waals surface area contributed by atoms with Gasteiger partial charge in [0.05, 0.1) is 47.4 Å². The average Bonchev–Trinajstić information content (AvgIpc) is 1.64. The lowest BCUT2D eigenvalue weighted by atomic mass is 9.80. The summed E-state index contributed by atoms with van der Waals surface area (Å²) in [4.78, 5) is 89.8. The number of carbonyl (C=O) groups is 6. The Balaban J connectivity index is 0.000000277. The van der Waals surface area contributed by atoms with E-state index in [0.717, 1.165) is 112 Å². The minimum Gasteiger partial charge on any atom is -0.465 e. The number of hydrogen-bond acceptors (Lipinski definition) is 16. The molecule has 2 aliphatic heterocycles. The number of aryl methyl sites for hydroxylation is 2. The Morgan fingerprint density at radius 1 is 0.538 bits per heavy atom. The molecule has 4 atom stereocenters. The van der Waals surface area contributed by atoms with E-state index in [4.69, 9.17) is 43.7 Å². The number of imidazole rings is 2. The van der Waals surface area contributed by atoms with Crippen molar-refractivity contribution in [3.63, 3.8) is 0 Å². The highest BCUT2D eigenvalue weighted by Crippen LogP contribution is 2.33. The SMILES string of the molecule is C.C.COC(=O)c1ccc(B(O)O)cc1.COCCCn1c([C@@H]2CCCN(C(=O)C[C@@H](Cc3ccc(-c4ccc(C(=O)OC)cc4)cc3)NC(=O)OC(C)(C)C)C2)nc2ccccc21.COCCCn1c([C@@H]2CCCN(C(=O)C[C@@H](Cc3ccc(Br)cc3)NC(=O)OC(C)(C)C)C2)nc2ccccc21. The molecule has 0 aliphatic carbocycles. The van der Waals surface area contributed by atoms with E-state index < -0.39 is 42.5 Å². The average molecular weight is 1490 g/mol. The molecular formula is C80H106BBrN8O14. The van der Waals surface area contributed by atoms with Gasteiger partial charge in [-0.2, -0.15) is 0 Å². The van der Waals surface area contributed by atoms with Gasteiger partial charge in [0, 0.05) is 108 Å². The zero-order chi connectivity index (χ0) is 73.5. The highest BCUT2D eigenvalue weighted by Gasteiger charge is 2.33. The molecule has 22 nitrogen and oxygen atoms in total. The van der Waals surface area contributed by atoms with Crippen LogP contribution in [0.25, 0.3) is 33.2 Å². The number of esters is 2. The summed E-state index contributed by atoms with van der Waals surface area (Å²) >= 11 is 3.47. The number of halogens is 1. The topological polar surface area (TPSA) is 264 Å². The first-order valence-corrected chi connectivity index (χ1v) is 35.6. The predicted molar refractivity (Wildman–Crippen MR) is 411 cm³/mol. The third-order valence-electron chi connectivity index (χ3n) is 17.5. The van der Waals surface area contributed by atoms with Crippen LogP contribution in [0.3, 0.4) is 0 Å². The van der Waals surface area contributed by atoms with Crippen molar-refractivity contribution >= 4 is 86.5 Å². The summed E-state index contributed by atoms with van der Waals surface area (Å²) in [6.45, 7) is 16.5. The van der Waals surface area contributed by atoms with E-state index in [-0.39, 0.29) is 63.4 Å². The molecule has 104 heavy (non-hydrogen) atoms. The Morgan fingerprint density at radius 3 is 1.29 bits per heavy atom. The van der Waals surface area contributed by atoms with Gasteiger partial charge in [-0.05, 0) is 181 Å². The largest absolute Gasteiger partial charge is 0.488 e. The number of methoxy groups -OCH3 is 4. The summed E-state index contributed by atoms with van der Waals surface area (Å²) in [7, 11) is 4.58. The number of aromatic nitrogens is 4. The van der Waals surface area contributed by atoms with Gasteiger partial charge in [0.1, 0.15) is 22.9 Å². The standard InChI is InChI=1S/C39H48N4O6.C31H41BrN4O4.C8H9BO4.2CH4/c1-39(2,3)49-38(46)40-32(24-27-13-15-28(16-14-27)29-17-19-30(20-18-29)37(45)48-5)25-35(44)42-21-8-10-31(26-42)36-41-33-11-6-7-12-34(33)43(36)22-9-23-47-4;1-31(2,3)40-30(38)33-25(19-22-12-14-24(32)15-13-22)20-28(37)35-16-7-9-23(21-35)29-34-26-10-5-6-11-27(26)36(29)17-8-18-39-4;1-13-8(10)6-2-4-7(5-3-6)9(11)12;;/h6-7,11-20,31-32H,8-10,21-26H2,1-5H3,(H,40,46);5-6,10-15,23,25H,7-9,16-21H2,1-4H3,(H,33,38);2-5,11-12H,1H3;2*1H4/t31-,32-;23-,25-;;;/m11.../s1. The van der Waals surface area contributed by atoms with Gasteiger partial charge >= 0.3 is 31.2 Å². The van der Waals surface area contributed by atoms with E-state index in [1.807, 2.05) is 148 Å². The lowest BCUT2D eigenvalue weighted by Gasteiger charge is -2.34. The zero-order valence-corrected chi connectivity index (χ0v) is 61.9. The molecule has 0 saturated carbocycles. The number of nitrogens with zero attached hydrogens (tertiary/aromatic N) is 6. The Hall–Kier alpha value is -8.94. The highest BCUT2D eigenvalue weighted by atomic mass is 79.9. The van der Waals surface area contributed by atoms with Crippen molar-refractivity contribution < 1.29 is 67.2 Å². The molecule has 10 rings (SSSR count). The Kier molecular flexibility index (Phi) is 32.6. The molecule has 24 heteroatoms. The summed E-state index contributed by atoms with van der Waals surface area (Å²) in [6.07, 6.45) is 5.77. The Morgan fingerprint density at radius 2 is 0.913 bits per heavy atom. The van der Waals surface area contributed by atoms with Crippen LogP contribution in [0.4, 0.5) is 9.59 Å². The number of benzene rings is 6. The van der Waals surface area contributed by atoms with Crippen LogP contribution < -0.4 is 16.1 Å². The minimum atomic E-state index is -1.51. The van der Waals surface area contributed by atoms with Crippen LogP contribution in [0.2, 0.25) is 0 Å². The molecule has 6 aromatic carbocycles. The maximum Gasteiger partial charge on any atom is 0.488 e. The van der Waals surface area contributed by atoms with Crippen molar-refractivity contribution in [2.75, 3.05) is 67.8 Å². The number of fused-ring (bicyclic) bond motifs is 2. The fraction of sp³-hybridized carbons (Fsp3) is 0.450. The molecule has 0 spiro atoms. The van der Waals surface area contributed by atoms with Gasteiger partial charge in [-0.25, -0.2) is 29.1 Å². The Bertz CT molecular complexity index is 4040.